The van der Waals surface area contributed by atoms with Crippen LogP contribution < -0.4 is 5.32 Å². The van der Waals surface area contributed by atoms with Crippen LogP contribution in [0.2, 0.25) is 0 Å². The van der Waals surface area contributed by atoms with E-state index in [1.165, 1.54) is 12.8 Å². The average molecular weight is 356 g/mol. The Morgan fingerprint density at radius 2 is 1.88 bits per heavy atom. The molecular formula is C21H28N2O3. The molecular weight excluding hydrogens is 328 g/mol. The zero-order chi connectivity index (χ0) is 18.1. The minimum atomic E-state index is -0.133. The molecule has 1 aromatic carbocycles. The van der Waals surface area contributed by atoms with Crippen LogP contribution in [0.1, 0.15) is 41.6 Å². The highest BCUT2D eigenvalue weighted by Gasteiger charge is 2.51. The van der Waals surface area contributed by atoms with Gasteiger partial charge >= 0.3 is 0 Å². The zero-order valence-corrected chi connectivity index (χ0v) is 15.5. The fraction of sp³-hybridized carbons (Fsp3) is 0.619. The molecule has 5 nitrogen and oxygen atoms in total. The van der Waals surface area contributed by atoms with E-state index < -0.39 is 0 Å². The number of amides is 2. The van der Waals surface area contributed by atoms with Crippen LogP contribution in [-0.2, 0) is 9.53 Å². The van der Waals surface area contributed by atoms with E-state index in [1.54, 1.807) is 0 Å². The molecule has 1 aliphatic carbocycles. The molecule has 0 bridgehead atoms. The van der Waals surface area contributed by atoms with Crippen molar-refractivity contribution in [1.29, 1.82) is 0 Å². The first kappa shape index (κ1) is 17.5. The molecule has 4 rings (SSSR count). The number of rotatable bonds is 4. The molecule has 2 amide bonds. The summed E-state index contributed by atoms with van der Waals surface area (Å²) in [4.78, 5) is 27.8. The Labute approximate surface area is 155 Å². The van der Waals surface area contributed by atoms with Crippen LogP contribution in [0, 0.1) is 24.2 Å². The van der Waals surface area contributed by atoms with Gasteiger partial charge < -0.3 is 15.0 Å². The lowest BCUT2D eigenvalue weighted by molar-refractivity contribution is -0.129. The van der Waals surface area contributed by atoms with E-state index in [9.17, 15) is 9.59 Å². The molecule has 1 N–H and O–H groups in total. The SMILES string of the molecule is Cc1ccc(C(=O)N2C[C@@H](C(=O)NCC3CC3)C3(CCOCC3)C2)cc1. The molecule has 5 heteroatoms. The third kappa shape index (κ3) is 3.50. The second-order valence-corrected chi connectivity index (χ2v) is 8.27. The predicted molar refractivity (Wildman–Crippen MR) is 98.8 cm³/mol. The van der Waals surface area contributed by atoms with Gasteiger partial charge in [0.2, 0.25) is 5.91 Å². The van der Waals surface area contributed by atoms with Crippen LogP contribution in [0.3, 0.4) is 0 Å². The van der Waals surface area contributed by atoms with Crippen LogP contribution in [-0.4, -0.2) is 49.6 Å². The lowest BCUT2D eigenvalue weighted by Gasteiger charge is -2.37. The third-order valence-corrected chi connectivity index (χ3v) is 6.30. The Morgan fingerprint density at radius 1 is 1.19 bits per heavy atom. The Hall–Kier alpha value is -1.88. The van der Waals surface area contributed by atoms with E-state index in [0.717, 1.165) is 24.9 Å². The summed E-state index contributed by atoms with van der Waals surface area (Å²) in [5.41, 5.74) is 1.71. The summed E-state index contributed by atoms with van der Waals surface area (Å²) >= 11 is 0. The van der Waals surface area contributed by atoms with Crippen molar-refractivity contribution in [2.45, 2.75) is 32.6 Å². The van der Waals surface area contributed by atoms with Crippen molar-refractivity contribution in [2.75, 3.05) is 32.8 Å². The molecule has 0 unspecified atom stereocenters. The number of hydrogen-bond acceptors (Lipinski definition) is 3. The number of hydrogen-bond donors (Lipinski definition) is 1. The summed E-state index contributed by atoms with van der Waals surface area (Å²) in [7, 11) is 0. The molecule has 26 heavy (non-hydrogen) atoms. The number of nitrogens with one attached hydrogen (secondary N) is 1. The summed E-state index contributed by atoms with van der Waals surface area (Å²) in [6.07, 6.45) is 4.16. The van der Waals surface area contributed by atoms with Gasteiger partial charge in [-0.05, 0) is 50.7 Å². The topological polar surface area (TPSA) is 58.6 Å². The summed E-state index contributed by atoms with van der Waals surface area (Å²) in [6.45, 7) is 5.33. The maximum atomic E-state index is 13.0. The molecule has 2 saturated heterocycles. The first-order chi connectivity index (χ1) is 12.6. The standard InChI is InChI=1S/C21H28N2O3/c1-15-2-6-17(7-3-15)20(25)23-13-18(19(24)22-12-16-4-5-16)21(14-23)8-10-26-11-9-21/h2-3,6-7,16,18H,4-5,8-14H2,1H3,(H,22,24)/t18-/m0/s1. The molecule has 0 radical (unpaired) electrons. The number of benzene rings is 1. The fourth-order valence-corrected chi connectivity index (χ4v) is 4.34. The first-order valence-electron chi connectivity index (χ1n) is 9.79. The quantitative estimate of drug-likeness (QED) is 0.901. The summed E-state index contributed by atoms with van der Waals surface area (Å²) in [5, 5.41) is 3.15. The van der Waals surface area contributed by atoms with Crippen molar-refractivity contribution in [3.63, 3.8) is 0 Å². The van der Waals surface area contributed by atoms with Crippen LogP contribution in [0.15, 0.2) is 24.3 Å². The number of carbonyl (C=O) groups excluding carboxylic acids is 2. The van der Waals surface area contributed by atoms with E-state index >= 15 is 0 Å². The van der Waals surface area contributed by atoms with Crippen molar-refractivity contribution >= 4 is 11.8 Å². The fourth-order valence-electron chi connectivity index (χ4n) is 4.34. The molecule has 3 aliphatic rings. The lowest BCUT2D eigenvalue weighted by atomic mass is 9.71. The largest absolute Gasteiger partial charge is 0.381 e. The molecule has 1 spiro atoms. The molecule has 2 aliphatic heterocycles. The van der Waals surface area contributed by atoms with Gasteiger partial charge in [-0.25, -0.2) is 0 Å². The van der Waals surface area contributed by atoms with Gasteiger partial charge in [-0.1, -0.05) is 17.7 Å². The lowest BCUT2D eigenvalue weighted by Crippen LogP contribution is -2.44. The van der Waals surface area contributed by atoms with E-state index in [4.69, 9.17) is 4.74 Å². The number of aryl methyl sites for hydroxylation is 1. The zero-order valence-electron chi connectivity index (χ0n) is 15.5. The highest BCUT2D eigenvalue weighted by Crippen LogP contribution is 2.45. The maximum absolute atomic E-state index is 13.0. The van der Waals surface area contributed by atoms with Crippen molar-refractivity contribution in [2.24, 2.45) is 17.3 Å². The van der Waals surface area contributed by atoms with E-state index in [2.05, 4.69) is 5.32 Å². The van der Waals surface area contributed by atoms with Gasteiger partial charge in [-0.2, -0.15) is 0 Å². The van der Waals surface area contributed by atoms with Gasteiger partial charge in [0.15, 0.2) is 0 Å². The number of ether oxygens (including phenoxy) is 1. The smallest absolute Gasteiger partial charge is 0.253 e. The normalized spacial score (nSPS) is 24.7. The Bertz CT molecular complexity index is 675. The van der Waals surface area contributed by atoms with E-state index in [1.807, 2.05) is 36.1 Å². The van der Waals surface area contributed by atoms with Gasteiger partial charge in [0.05, 0.1) is 5.92 Å². The third-order valence-electron chi connectivity index (χ3n) is 6.30. The number of nitrogens with zero attached hydrogens (tertiary/aromatic N) is 1. The van der Waals surface area contributed by atoms with Crippen LogP contribution in [0.5, 0.6) is 0 Å². The highest BCUT2D eigenvalue weighted by molar-refractivity contribution is 5.95. The Balaban J connectivity index is 1.51. The summed E-state index contributed by atoms with van der Waals surface area (Å²) in [6, 6.07) is 7.70. The van der Waals surface area contributed by atoms with Crippen molar-refractivity contribution in [3.05, 3.63) is 35.4 Å². The molecule has 1 saturated carbocycles. The van der Waals surface area contributed by atoms with Crippen LogP contribution >= 0.6 is 0 Å². The van der Waals surface area contributed by atoms with E-state index in [-0.39, 0.29) is 23.1 Å². The van der Waals surface area contributed by atoms with Gasteiger partial charge in [0.25, 0.3) is 5.91 Å². The van der Waals surface area contributed by atoms with E-state index in [0.29, 0.717) is 37.8 Å². The van der Waals surface area contributed by atoms with Gasteiger partial charge in [-0.3, -0.25) is 9.59 Å². The second kappa shape index (κ2) is 7.03. The van der Waals surface area contributed by atoms with Gasteiger partial charge in [0, 0.05) is 43.8 Å². The van der Waals surface area contributed by atoms with Gasteiger partial charge in [-0.15, -0.1) is 0 Å². The first-order valence-corrected chi connectivity index (χ1v) is 9.79. The van der Waals surface area contributed by atoms with Crippen LogP contribution in [0.25, 0.3) is 0 Å². The van der Waals surface area contributed by atoms with Gasteiger partial charge in [0.1, 0.15) is 0 Å². The minimum Gasteiger partial charge on any atom is -0.381 e. The average Bonchev–Trinajstić information content (AvgIpc) is 3.42. The van der Waals surface area contributed by atoms with Crippen molar-refractivity contribution in [1.82, 2.24) is 10.2 Å². The summed E-state index contributed by atoms with van der Waals surface area (Å²) < 4.78 is 5.55. The molecule has 0 aromatic heterocycles. The predicted octanol–water partition coefficient (Wildman–Crippen LogP) is 2.39. The highest BCUT2D eigenvalue weighted by atomic mass is 16.5. The molecule has 140 valence electrons. The minimum absolute atomic E-state index is 0.0355. The molecule has 3 fully saturated rings. The monoisotopic (exact) mass is 356 g/mol. The summed E-state index contributed by atoms with van der Waals surface area (Å²) in [5.74, 6) is 0.696. The maximum Gasteiger partial charge on any atom is 0.253 e. The Morgan fingerprint density at radius 3 is 2.54 bits per heavy atom. The number of carbonyl (C=O) groups is 2. The molecule has 2 heterocycles. The Kier molecular flexibility index (Phi) is 4.74. The molecule has 1 aromatic rings. The second-order valence-electron chi connectivity index (χ2n) is 8.27. The van der Waals surface area contributed by atoms with Crippen molar-refractivity contribution in [3.8, 4) is 0 Å². The molecule has 1 atom stereocenters. The van der Waals surface area contributed by atoms with Crippen LogP contribution in [0.4, 0.5) is 0 Å². The van der Waals surface area contributed by atoms with Crippen molar-refractivity contribution < 1.29 is 14.3 Å². The number of likely N-dealkylation sites (tertiary alicyclic amines) is 1.